The number of hydrogen-bond donors (Lipinski definition) is 4. The number of aliphatic hydroxyl groups is 1. The molecule has 0 bridgehead atoms. The standard InChI is InChI=1S/C11H14N2O4/c1-6(14)13-8-4-2-7(3-5-8)10(15)9(12)11(16)17/h2-5,9-10,15H,12H2,1H3,(H,13,14)(H,16,17). The number of rotatable bonds is 4. The number of carboxylic acid groups (broad SMARTS) is 1. The van der Waals surface area contributed by atoms with E-state index in [0.717, 1.165) is 0 Å². The lowest BCUT2D eigenvalue weighted by molar-refractivity contribution is -0.141. The van der Waals surface area contributed by atoms with Gasteiger partial charge in [0.15, 0.2) is 0 Å². The van der Waals surface area contributed by atoms with Gasteiger partial charge >= 0.3 is 5.97 Å². The molecule has 0 spiro atoms. The van der Waals surface area contributed by atoms with Gasteiger partial charge in [-0.1, -0.05) is 12.1 Å². The largest absolute Gasteiger partial charge is 0.480 e. The molecule has 5 N–H and O–H groups in total. The fourth-order valence-corrected chi connectivity index (χ4v) is 1.31. The Labute approximate surface area is 98.1 Å². The normalized spacial score (nSPS) is 13.8. The topological polar surface area (TPSA) is 113 Å². The molecule has 17 heavy (non-hydrogen) atoms. The average molecular weight is 238 g/mol. The first kappa shape index (κ1) is 13.1. The number of nitrogens with two attached hydrogens (primary N) is 1. The zero-order valence-corrected chi connectivity index (χ0v) is 9.25. The molecule has 0 aromatic heterocycles. The molecule has 0 aliphatic carbocycles. The van der Waals surface area contributed by atoms with Crippen LogP contribution in [-0.2, 0) is 9.59 Å². The fourth-order valence-electron chi connectivity index (χ4n) is 1.31. The summed E-state index contributed by atoms with van der Waals surface area (Å²) < 4.78 is 0. The third-order valence-electron chi connectivity index (χ3n) is 2.20. The maximum atomic E-state index is 10.8. The summed E-state index contributed by atoms with van der Waals surface area (Å²) in [6, 6.07) is 4.78. The van der Waals surface area contributed by atoms with Crippen LogP contribution in [0.15, 0.2) is 24.3 Å². The van der Waals surface area contributed by atoms with Crippen LogP contribution in [0.25, 0.3) is 0 Å². The summed E-state index contributed by atoms with van der Waals surface area (Å²) in [6.45, 7) is 1.38. The van der Waals surface area contributed by atoms with Crippen molar-refractivity contribution in [2.45, 2.75) is 19.1 Å². The molecule has 0 saturated heterocycles. The number of hydrogen-bond acceptors (Lipinski definition) is 4. The molecule has 0 radical (unpaired) electrons. The molecule has 1 aromatic carbocycles. The number of carbonyl (C=O) groups is 2. The van der Waals surface area contributed by atoms with E-state index >= 15 is 0 Å². The molecule has 2 atom stereocenters. The number of nitrogens with one attached hydrogen (secondary N) is 1. The summed E-state index contributed by atoms with van der Waals surface area (Å²) in [5.74, 6) is -1.48. The fraction of sp³-hybridized carbons (Fsp3) is 0.273. The van der Waals surface area contributed by atoms with Crippen LogP contribution in [-0.4, -0.2) is 28.1 Å². The molecule has 6 heteroatoms. The quantitative estimate of drug-likeness (QED) is 0.593. The highest BCUT2D eigenvalue weighted by atomic mass is 16.4. The number of aliphatic hydroxyl groups excluding tert-OH is 1. The van der Waals surface area contributed by atoms with E-state index in [9.17, 15) is 14.7 Å². The van der Waals surface area contributed by atoms with Crippen molar-refractivity contribution in [2.24, 2.45) is 5.73 Å². The van der Waals surface area contributed by atoms with Gasteiger partial charge in [0.1, 0.15) is 12.1 Å². The van der Waals surface area contributed by atoms with Crippen molar-refractivity contribution in [3.8, 4) is 0 Å². The second kappa shape index (κ2) is 5.42. The summed E-state index contributed by atoms with van der Waals surface area (Å²) in [5, 5.41) is 20.8. The second-order valence-corrected chi connectivity index (χ2v) is 3.61. The van der Waals surface area contributed by atoms with Gasteiger partial charge in [-0.2, -0.15) is 0 Å². The van der Waals surface area contributed by atoms with Crippen LogP contribution in [0, 0.1) is 0 Å². The third-order valence-corrected chi connectivity index (χ3v) is 2.20. The summed E-state index contributed by atoms with van der Waals surface area (Å²) in [4.78, 5) is 21.4. The van der Waals surface area contributed by atoms with Gasteiger partial charge in [-0.3, -0.25) is 9.59 Å². The first-order valence-electron chi connectivity index (χ1n) is 4.96. The number of benzene rings is 1. The summed E-state index contributed by atoms with van der Waals surface area (Å²) in [5.41, 5.74) is 6.24. The molecule has 0 fully saturated rings. The zero-order chi connectivity index (χ0) is 13.0. The monoisotopic (exact) mass is 238 g/mol. The van der Waals surface area contributed by atoms with Gasteiger partial charge in [-0.05, 0) is 17.7 Å². The van der Waals surface area contributed by atoms with Crippen molar-refractivity contribution < 1.29 is 19.8 Å². The molecule has 0 aliphatic rings. The van der Waals surface area contributed by atoms with Gasteiger partial charge in [0.2, 0.25) is 5.91 Å². The maximum absolute atomic E-state index is 10.8. The van der Waals surface area contributed by atoms with E-state index < -0.39 is 18.1 Å². The van der Waals surface area contributed by atoms with E-state index in [0.29, 0.717) is 11.3 Å². The molecule has 6 nitrogen and oxygen atoms in total. The molecule has 1 aromatic rings. The lowest BCUT2D eigenvalue weighted by Gasteiger charge is -2.15. The molecule has 1 rings (SSSR count). The Morgan fingerprint density at radius 3 is 2.24 bits per heavy atom. The van der Waals surface area contributed by atoms with Crippen LogP contribution < -0.4 is 11.1 Å². The summed E-state index contributed by atoms with van der Waals surface area (Å²) >= 11 is 0. The van der Waals surface area contributed by atoms with E-state index in [1.165, 1.54) is 19.1 Å². The van der Waals surface area contributed by atoms with Gasteiger partial charge in [0, 0.05) is 12.6 Å². The Kier molecular flexibility index (Phi) is 4.19. The summed E-state index contributed by atoms with van der Waals surface area (Å²) in [7, 11) is 0. The van der Waals surface area contributed by atoms with Crippen molar-refractivity contribution in [3.05, 3.63) is 29.8 Å². The molecule has 92 valence electrons. The van der Waals surface area contributed by atoms with Crippen molar-refractivity contribution in [1.29, 1.82) is 0 Å². The van der Waals surface area contributed by atoms with E-state index in [2.05, 4.69) is 5.32 Å². The van der Waals surface area contributed by atoms with Crippen LogP contribution in [0.2, 0.25) is 0 Å². The van der Waals surface area contributed by atoms with Crippen LogP contribution >= 0.6 is 0 Å². The van der Waals surface area contributed by atoms with Crippen LogP contribution in [0.4, 0.5) is 5.69 Å². The average Bonchev–Trinajstić information content (AvgIpc) is 2.27. The Bertz CT molecular complexity index is 416. The highest BCUT2D eigenvalue weighted by Gasteiger charge is 2.23. The first-order valence-corrected chi connectivity index (χ1v) is 4.96. The highest BCUT2D eigenvalue weighted by Crippen LogP contribution is 2.18. The minimum Gasteiger partial charge on any atom is -0.480 e. The molecular formula is C11H14N2O4. The van der Waals surface area contributed by atoms with Crippen LogP contribution in [0.3, 0.4) is 0 Å². The minimum absolute atomic E-state index is 0.208. The number of carboxylic acids is 1. The first-order chi connectivity index (χ1) is 7.91. The smallest absolute Gasteiger partial charge is 0.323 e. The zero-order valence-electron chi connectivity index (χ0n) is 9.25. The SMILES string of the molecule is CC(=O)Nc1ccc(C(O)C(N)C(=O)O)cc1. The Morgan fingerprint density at radius 2 is 1.82 bits per heavy atom. The van der Waals surface area contributed by atoms with Gasteiger partial charge in [0.05, 0.1) is 0 Å². The number of carbonyl (C=O) groups excluding carboxylic acids is 1. The lowest BCUT2D eigenvalue weighted by atomic mass is 10.0. The maximum Gasteiger partial charge on any atom is 0.323 e. The van der Waals surface area contributed by atoms with Gasteiger partial charge < -0.3 is 21.3 Å². The molecule has 0 aliphatic heterocycles. The Balaban J connectivity index is 2.80. The lowest BCUT2D eigenvalue weighted by Crippen LogP contribution is -2.36. The molecule has 2 unspecified atom stereocenters. The number of amides is 1. The van der Waals surface area contributed by atoms with Crippen molar-refractivity contribution in [3.63, 3.8) is 0 Å². The molecular weight excluding hydrogens is 224 g/mol. The van der Waals surface area contributed by atoms with E-state index in [-0.39, 0.29) is 5.91 Å². The molecule has 0 heterocycles. The Hall–Kier alpha value is -1.92. The van der Waals surface area contributed by atoms with E-state index in [1.54, 1.807) is 12.1 Å². The van der Waals surface area contributed by atoms with Crippen LogP contribution in [0.5, 0.6) is 0 Å². The van der Waals surface area contributed by atoms with Gasteiger partial charge in [-0.25, -0.2) is 0 Å². The van der Waals surface area contributed by atoms with Crippen molar-refractivity contribution >= 4 is 17.6 Å². The van der Waals surface area contributed by atoms with Crippen molar-refractivity contribution in [1.82, 2.24) is 0 Å². The van der Waals surface area contributed by atoms with E-state index in [4.69, 9.17) is 10.8 Å². The Morgan fingerprint density at radius 1 is 1.29 bits per heavy atom. The van der Waals surface area contributed by atoms with Gasteiger partial charge in [-0.15, -0.1) is 0 Å². The van der Waals surface area contributed by atoms with E-state index in [1.807, 2.05) is 0 Å². The predicted octanol–water partition coefficient (Wildman–Crippen LogP) is 0.0903. The van der Waals surface area contributed by atoms with Crippen molar-refractivity contribution in [2.75, 3.05) is 5.32 Å². The predicted molar refractivity (Wildman–Crippen MR) is 61.3 cm³/mol. The third kappa shape index (κ3) is 3.54. The number of anilines is 1. The minimum atomic E-state index is -1.37. The number of aliphatic carboxylic acids is 1. The molecule has 1 amide bonds. The summed E-state index contributed by atoms with van der Waals surface area (Å²) in [6.07, 6.45) is -1.28. The highest BCUT2D eigenvalue weighted by molar-refractivity contribution is 5.88. The van der Waals surface area contributed by atoms with Crippen LogP contribution in [0.1, 0.15) is 18.6 Å². The van der Waals surface area contributed by atoms with Gasteiger partial charge in [0.25, 0.3) is 0 Å². The second-order valence-electron chi connectivity index (χ2n) is 3.61. The molecule has 0 saturated carbocycles.